The Kier molecular flexibility index (Phi) is 8.24. The number of benzene rings is 2. The second kappa shape index (κ2) is 11.8. The van der Waals surface area contributed by atoms with Gasteiger partial charge in [-0.25, -0.2) is 4.98 Å². The molecule has 1 heterocycles. The van der Waals surface area contributed by atoms with Crippen LogP contribution in [0, 0.1) is 13.8 Å². The van der Waals surface area contributed by atoms with Gasteiger partial charge in [0.25, 0.3) is 5.91 Å². The van der Waals surface area contributed by atoms with Gasteiger partial charge in [0.2, 0.25) is 11.5 Å². The Balaban J connectivity index is 1.45. The van der Waals surface area contributed by atoms with Crippen LogP contribution in [-0.4, -0.2) is 45.9 Å². The van der Waals surface area contributed by atoms with E-state index in [-0.39, 0.29) is 12.5 Å². The van der Waals surface area contributed by atoms with Gasteiger partial charge in [0.15, 0.2) is 29.0 Å². The van der Waals surface area contributed by atoms with Crippen LogP contribution in [0.15, 0.2) is 65.0 Å². The van der Waals surface area contributed by atoms with E-state index in [1.54, 1.807) is 27.4 Å². The van der Waals surface area contributed by atoms with Gasteiger partial charge in [-0.3, -0.25) is 10.1 Å². The summed E-state index contributed by atoms with van der Waals surface area (Å²) in [7, 11) is 6.19. The lowest BCUT2D eigenvalue weighted by Gasteiger charge is -2.13. The highest BCUT2D eigenvalue weighted by molar-refractivity contribution is 7.22. The highest BCUT2D eigenvalue weighted by atomic mass is 32.1. The average molecular weight is 533 g/mol. The van der Waals surface area contributed by atoms with Crippen LogP contribution < -0.4 is 19.5 Å². The number of nitrogens with one attached hydrogen (secondary N) is 1. The van der Waals surface area contributed by atoms with E-state index in [1.165, 1.54) is 24.0 Å². The van der Waals surface area contributed by atoms with Crippen LogP contribution in [0.5, 0.6) is 17.2 Å². The largest absolute Gasteiger partial charge is 0.493 e. The number of hydrogen-bond donors (Lipinski definition) is 1. The first-order valence-electron chi connectivity index (χ1n) is 11.7. The van der Waals surface area contributed by atoms with Gasteiger partial charge < -0.3 is 23.7 Å². The van der Waals surface area contributed by atoms with Crippen LogP contribution in [0.2, 0.25) is 0 Å². The molecule has 0 saturated carbocycles. The van der Waals surface area contributed by atoms with Crippen molar-refractivity contribution in [3.63, 3.8) is 0 Å². The molecule has 2 aromatic carbocycles. The zero-order chi connectivity index (χ0) is 27.2. The second-order valence-corrected chi connectivity index (χ2v) is 9.33. The van der Waals surface area contributed by atoms with E-state index in [9.17, 15) is 4.79 Å². The Morgan fingerprint density at radius 3 is 2.32 bits per heavy atom. The number of fused-ring (bicyclic) bond motifs is 1. The summed E-state index contributed by atoms with van der Waals surface area (Å²) in [6.45, 7) is 3.87. The molecule has 1 aromatic heterocycles. The molecule has 1 aliphatic carbocycles. The van der Waals surface area contributed by atoms with Gasteiger partial charge in [0.1, 0.15) is 0 Å². The third kappa shape index (κ3) is 5.93. The number of anilines is 1. The van der Waals surface area contributed by atoms with Crippen molar-refractivity contribution < 1.29 is 28.5 Å². The number of allylic oxidation sites excluding steroid dienone is 3. The van der Waals surface area contributed by atoms with E-state index in [2.05, 4.69) is 34.8 Å². The maximum absolute atomic E-state index is 12.6. The molecular weight excluding hydrogens is 504 g/mol. The summed E-state index contributed by atoms with van der Waals surface area (Å²) < 4.78 is 28.3. The summed E-state index contributed by atoms with van der Waals surface area (Å²) in [5.74, 6) is 1.98. The quantitative estimate of drug-likeness (QED) is 0.334. The number of amides is 1. The number of rotatable bonds is 10. The molecule has 0 fully saturated rings. The van der Waals surface area contributed by atoms with Crippen molar-refractivity contribution in [1.29, 1.82) is 0 Å². The third-order valence-corrected chi connectivity index (χ3v) is 6.72. The minimum absolute atomic E-state index is 0.224. The Morgan fingerprint density at radius 1 is 0.947 bits per heavy atom. The maximum Gasteiger partial charge on any atom is 0.264 e. The molecule has 196 valence electrons. The van der Waals surface area contributed by atoms with Gasteiger partial charge in [0, 0.05) is 11.6 Å². The van der Waals surface area contributed by atoms with Gasteiger partial charge in [-0.2, -0.15) is 0 Å². The molecule has 1 N–H and O–H groups in total. The Bertz CT molecular complexity index is 1490. The van der Waals surface area contributed by atoms with Crippen molar-refractivity contribution in [3.8, 4) is 17.2 Å². The fourth-order valence-electron chi connectivity index (χ4n) is 3.70. The average Bonchev–Trinajstić information content (AvgIpc) is 3.30. The number of hydrogen-bond acceptors (Lipinski definition) is 8. The van der Waals surface area contributed by atoms with Crippen molar-refractivity contribution in [2.24, 2.45) is 0 Å². The molecule has 4 rings (SSSR count). The zero-order valence-corrected chi connectivity index (χ0v) is 22.9. The summed E-state index contributed by atoms with van der Waals surface area (Å²) >= 11 is 1.42. The molecule has 0 radical (unpaired) electrons. The Hall–Kier alpha value is -4.42. The number of carbonyl (C=O) groups excluding carboxylic acids is 1. The van der Waals surface area contributed by atoms with Gasteiger partial charge in [-0.1, -0.05) is 23.1 Å². The van der Waals surface area contributed by atoms with Crippen molar-refractivity contribution in [1.82, 2.24) is 4.98 Å². The number of thiazole rings is 1. The molecule has 3 aromatic rings. The number of nitrogens with zero attached hydrogens (tertiary/aromatic N) is 1. The van der Waals surface area contributed by atoms with Crippen LogP contribution in [0.3, 0.4) is 0 Å². The lowest BCUT2D eigenvalue weighted by Crippen LogP contribution is -2.18. The standard InChI is InChI=1S/C29H28N2O6S/c1-17-11-21-26(12-18(17)2)38-29(30-21)31-27(32)16-37-23-13-19(9-10-22(23)33-3)7-8-20-14-24(34-4)28(36-6)25(15-20)35-5/h7-8,11-15H,16H2,1-6H3,(H,30,31,32). The van der Waals surface area contributed by atoms with Crippen LogP contribution in [-0.2, 0) is 14.3 Å². The topological polar surface area (TPSA) is 88.1 Å². The number of aryl methyl sites for hydroxylation is 2. The predicted molar refractivity (Wildman–Crippen MR) is 148 cm³/mol. The SMILES string of the molecule is COC1=C=C=C(C=Cc2cc(OC)c(OC)c(OC)c2)C=C1OCC(=O)Nc1nc2cc(C)c(C)cc2s1. The molecule has 9 heteroatoms. The predicted octanol–water partition coefficient (Wildman–Crippen LogP) is 5.72. The first-order chi connectivity index (χ1) is 18.3. The van der Waals surface area contributed by atoms with E-state index in [0.717, 1.165) is 21.3 Å². The minimum atomic E-state index is -0.332. The van der Waals surface area contributed by atoms with E-state index < -0.39 is 0 Å². The number of ether oxygens (including phenoxy) is 5. The van der Waals surface area contributed by atoms with Crippen LogP contribution in [0.25, 0.3) is 16.3 Å². The van der Waals surface area contributed by atoms with Gasteiger partial charge in [-0.15, -0.1) is 0 Å². The first kappa shape index (κ1) is 26.6. The van der Waals surface area contributed by atoms with E-state index in [4.69, 9.17) is 23.7 Å². The van der Waals surface area contributed by atoms with E-state index in [0.29, 0.717) is 39.5 Å². The van der Waals surface area contributed by atoms with Crippen molar-refractivity contribution in [2.45, 2.75) is 13.8 Å². The highest BCUT2D eigenvalue weighted by Gasteiger charge is 2.15. The fourth-order valence-corrected chi connectivity index (χ4v) is 4.66. The zero-order valence-electron chi connectivity index (χ0n) is 22.1. The molecule has 0 atom stereocenters. The van der Waals surface area contributed by atoms with Gasteiger partial charge in [-0.05, 0) is 66.6 Å². The molecule has 0 spiro atoms. The van der Waals surface area contributed by atoms with E-state index >= 15 is 0 Å². The number of aromatic nitrogens is 1. The second-order valence-electron chi connectivity index (χ2n) is 8.30. The third-order valence-electron chi connectivity index (χ3n) is 5.79. The lowest BCUT2D eigenvalue weighted by molar-refractivity contribution is -0.119. The summed E-state index contributed by atoms with van der Waals surface area (Å²) in [5.41, 5.74) is 10.6. The molecule has 0 unspecified atom stereocenters. The first-order valence-corrected chi connectivity index (χ1v) is 12.5. The molecule has 8 nitrogen and oxygen atoms in total. The summed E-state index contributed by atoms with van der Waals surface area (Å²) in [6, 6.07) is 7.75. The van der Waals surface area contributed by atoms with Crippen molar-refractivity contribution in [2.75, 3.05) is 40.4 Å². The Labute approximate surface area is 225 Å². The molecule has 0 aliphatic heterocycles. The van der Waals surface area contributed by atoms with Crippen LogP contribution >= 0.6 is 11.3 Å². The lowest BCUT2D eigenvalue weighted by atomic mass is 10.1. The van der Waals surface area contributed by atoms with Crippen molar-refractivity contribution >= 4 is 38.7 Å². The molecule has 1 amide bonds. The van der Waals surface area contributed by atoms with Crippen molar-refractivity contribution in [3.05, 3.63) is 81.7 Å². The summed E-state index contributed by atoms with van der Waals surface area (Å²) in [6.07, 6.45) is 5.42. The maximum atomic E-state index is 12.6. The molecule has 1 aliphatic rings. The fraction of sp³-hybridized carbons (Fsp3) is 0.241. The molecule has 0 saturated heterocycles. The van der Waals surface area contributed by atoms with Gasteiger partial charge >= 0.3 is 0 Å². The normalized spacial score (nSPS) is 12.6. The smallest absolute Gasteiger partial charge is 0.264 e. The minimum Gasteiger partial charge on any atom is -0.493 e. The molecular formula is C29H28N2O6S. The monoisotopic (exact) mass is 532 g/mol. The summed E-state index contributed by atoms with van der Waals surface area (Å²) in [5, 5.41) is 3.33. The van der Waals surface area contributed by atoms with Crippen LogP contribution in [0.1, 0.15) is 16.7 Å². The number of methoxy groups -OCH3 is 4. The molecule has 0 bridgehead atoms. The van der Waals surface area contributed by atoms with E-state index in [1.807, 2.05) is 37.3 Å². The van der Waals surface area contributed by atoms with Gasteiger partial charge in [0.05, 0.1) is 38.7 Å². The Morgan fingerprint density at radius 2 is 1.66 bits per heavy atom. The molecule has 38 heavy (non-hydrogen) atoms. The summed E-state index contributed by atoms with van der Waals surface area (Å²) in [4.78, 5) is 17.1. The van der Waals surface area contributed by atoms with Crippen LogP contribution in [0.4, 0.5) is 5.13 Å². The number of carbonyl (C=O) groups is 1. The highest BCUT2D eigenvalue weighted by Crippen LogP contribution is 2.38.